The quantitative estimate of drug-likeness (QED) is 0.740. The van der Waals surface area contributed by atoms with Crippen molar-refractivity contribution in [1.82, 2.24) is 4.90 Å². The summed E-state index contributed by atoms with van der Waals surface area (Å²) < 4.78 is 25.4. The predicted molar refractivity (Wildman–Crippen MR) is 51.4 cm³/mol. The van der Waals surface area contributed by atoms with Gasteiger partial charge in [-0.15, -0.1) is 0 Å². The normalized spacial score (nSPS) is 36.0. The number of hydrogen-bond acceptors (Lipinski definition) is 2. The zero-order valence-electron chi connectivity index (χ0n) is 8.38. The fourth-order valence-electron chi connectivity index (χ4n) is 2.39. The Morgan fingerprint density at radius 3 is 2.50 bits per heavy atom. The molecule has 1 heterocycles. The van der Waals surface area contributed by atoms with E-state index in [1.165, 1.54) is 19.3 Å². The highest BCUT2D eigenvalue weighted by atomic mass is 19.3. The zero-order valence-corrected chi connectivity index (χ0v) is 8.38. The van der Waals surface area contributed by atoms with E-state index < -0.39 is 12.0 Å². The van der Waals surface area contributed by atoms with Gasteiger partial charge in [-0.3, -0.25) is 4.90 Å². The second-order valence-electron chi connectivity index (χ2n) is 4.69. The van der Waals surface area contributed by atoms with Gasteiger partial charge in [-0.2, -0.15) is 0 Å². The molecule has 1 aliphatic carbocycles. The van der Waals surface area contributed by atoms with Gasteiger partial charge in [0.05, 0.1) is 5.54 Å². The zero-order chi connectivity index (χ0) is 10.2. The molecule has 0 radical (unpaired) electrons. The Kier molecular flexibility index (Phi) is 2.75. The molecule has 2 aliphatic rings. The lowest BCUT2D eigenvalue weighted by atomic mass is 9.85. The van der Waals surface area contributed by atoms with Crippen molar-refractivity contribution in [3.8, 4) is 0 Å². The highest BCUT2D eigenvalue weighted by Gasteiger charge is 2.42. The van der Waals surface area contributed by atoms with Crippen LogP contribution >= 0.6 is 0 Å². The van der Waals surface area contributed by atoms with Gasteiger partial charge in [-0.25, -0.2) is 8.78 Å². The van der Waals surface area contributed by atoms with E-state index in [-0.39, 0.29) is 0 Å². The molecule has 0 aromatic rings. The first-order valence-electron chi connectivity index (χ1n) is 5.43. The van der Waals surface area contributed by atoms with Crippen LogP contribution in [0.3, 0.4) is 0 Å². The first kappa shape index (κ1) is 10.3. The Balaban J connectivity index is 1.95. The third-order valence-corrected chi connectivity index (χ3v) is 3.61. The van der Waals surface area contributed by atoms with Crippen LogP contribution in [0.1, 0.15) is 32.1 Å². The highest BCUT2D eigenvalue weighted by Crippen LogP contribution is 2.32. The molecular weight excluding hydrogens is 186 g/mol. The SMILES string of the molecule is NC1(C(F)F)CCCN(C2CCC2)C1. The third kappa shape index (κ3) is 1.77. The first-order valence-corrected chi connectivity index (χ1v) is 5.43. The number of piperidine rings is 1. The van der Waals surface area contributed by atoms with E-state index in [2.05, 4.69) is 4.90 Å². The summed E-state index contributed by atoms with van der Waals surface area (Å²) in [7, 11) is 0. The topological polar surface area (TPSA) is 29.3 Å². The lowest BCUT2D eigenvalue weighted by Gasteiger charge is -2.46. The fourth-order valence-corrected chi connectivity index (χ4v) is 2.39. The molecule has 14 heavy (non-hydrogen) atoms. The minimum atomic E-state index is -2.38. The van der Waals surface area contributed by atoms with Crippen LogP contribution in [0.5, 0.6) is 0 Å². The van der Waals surface area contributed by atoms with Crippen molar-refractivity contribution in [3.63, 3.8) is 0 Å². The maximum Gasteiger partial charge on any atom is 0.257 e. The molecule has 0 bridgehead atoms. The fraction of sp³-hybridized carbons (Fsp3) is 1.00. The molecule has 82 valence electrons. The molecule has 1 unspecified atom stereocenters. The lowest BCUT2D eigenvalue weighted by Crippen LogP contribution is -2.61. The summed E-state index contributed by atoms with van der Waals surface area (Å²) in [6, 6.07) is 0.539. The average molecular weight is 204 g/mol. The Hall–Kier alpha value is -0.220. The van der Waals surface area contributed by atoms with Gasteiger partial charge in [0, 0.05) is 12.6 Å². The number of alkyl halides is 2. The van der Waals surface area contributed by atoms with Gasteiger partial charge in [0.15, 0.2) is 0 Å². The van der Waals surface area contributed by atoms with Crippen LogP contribution in [-0.2, 0) is 0 Å². The summed E-state index contributed by atoms with van der Waals surface area (Å²) in [4.78, 5) is 2.17. The van der Waals surface area contributed by atoms with Crippen molar-refractivity contribution in [1.29, 1.82) is 0 Å². The largest absolute Gasteiger partial charge is 0.319 e. The molecule has 2 N–H and O–H groups in total. The molecule has 0 aromatic carbocycles. The van der Waals surface area contributed by atoms with E-state index in [4.69, 9.17) is 5.73 Å². The molecule has 2 fully saturated rings. The van der Waals surface area contributed by atoms with E-state index >= 15 is 0 Å². The van der Waals surface area contributed by atoms with Crippen LogP contribution in [0.2, 0.25) is 0 Å². The summed E-state index contributed by atoms with van der Waals surface area (Å²) in [6.07, 6.45) is 2.47. The Morgan fingerprint density at radius 1 is 1.29 bits per heavy atom. The van der Waals surface area contributed by atoms with Crippen LogP contribution in [-0.4, -0.2) is 36.0 Å². The molecule has 4 heteroatoms. The maximum absolute atomic E-state index is 12.7. The van der Waals surface area contributed by atoms with Crippen LogP contribution in [0, 0.1) is 0 Å². The van der Waals surface area contributed by atoms with Gasteiger partial charge in [-0.05, 0) is 32.2 Å². The summed E-state index contributed by atoms with van der Waals surface area (Å²) >= 11 is 0. The molecular formula is C10H18F2N2. The number of halogens is 2. The predicted octanol–water partition coefficient (Wildman–Crippen LogP) is 1.60. The number of rotatable bonds is 2. The van der Waals surface area contributed by atoms with Gasteiger partial charge in [0.2, 0.25) is 0 Å². The molecule has 0 spiro atoms. The first-order chi connectivity index (χ1) is 6.62. The van der Waals surface area contributed by atoms with Gasteiger partial charge >= 0.3 is 0 Å². The lowest BCUT2D eigenvalue weighted by molar-refractivity contribution is -0.0189. The Labute approximate surface area is 83.4 Å². The second-order valence-corrected chi connectivity index (χ2v) is 4.69. The van der Waals surface area contributed by atoms with Crippen LogP contribution in [0.25, 0.3) is 0 Å². The van der Waals surface area contributed by atoms with Crippen LogP contribution in [0.15, 0.2) is 0 Å². The standard InChI is InChI=1S/C10H18F2N2/c11-9(12)10(13)5-2-6-14(7-10)8-3-1-4-8/h8-9H,1-7,13H2. The summed E-state index contributed by atoms with van der Waals surface area (Å²) in [5.74, 6) is 0. The van der Waals surface area contributed by atoms with Gasteiger partial charge < -0.3 is 5.73 Å². The monoisotopic (exact) mass is 204 g/mol. The molecule has 1 saturated carbocycles. The second kappa shape index (κ2) is 3.74. The van der Waals surface area contributed by atoms with E-state index in [9.17, 15) is 8.78 Å². The third-order valence-electron chi connectivity index (χ3n) is 3.61. The molecule has 0 aromatic heterocycles. The Morgan fingerprint density at radius 2 is 2.00 bits per heavy atom. The van der Waals surface area contributed by atoms with Crippen LogP contribution < -0.4 is 5.73 Å². The van der Waals surface area contributed by atoms with Gasteiger partial charge in [0.25, 0.3) is 6.43 Å². The van der Waals surface area contributed by atoms with E-state index in [1.807, 2.05) is 0 Å². The van der Waals surface area contributed by atoms with E-state index in [0.717, 1.165) is 13.0 Å². The molecule has 1 atom stereocenters. The minimum absolute atomic E-state index is 0.384. The van der Waals surface area contributed by atoms with Crippen molar-refractivity contribution in [2.24, 2.45) is 5.73 Å². The summed E-state index contributed by atoms with van der Waals surface area (Å²) in [5.41, 5.74) is 4.47. The molecule has 0 amide bonds. The van der Waals surface area contributed by atoms with Crippen molar-refractivity contribution in [2.45, 2.75) is 50.1 Å². The average Bonchev–Trinajstić information content (AvgIpc) is 2.00. The maximum atomic E-state index is 12.7. The van der Waals surface area contributed by atoms with Gasteiger partial charge in [0.1, 0.15) is 0 Å². The minimum Gasteiger partial charge on any atom is -0.319 e. The summed E-state index contributed by atoms with van der Waals surface area (Å²) in [6.45, 7) is 1.34. The van der Waals surface area contributed by atoms with E-state index in [1.54, 1.807) is 0 Å². The van der Waals surface area contributed by atoms with Crippen molar-refractivity contribution in [2.75, 3.05) is 13.1 Å². The molecule has 2 nitrogen and oxygen atoms in total. The van der Waals surface area contributed by atoms with Gasteiger partial charge in [-0.1, -0.05) is 6.42 Å². The van der Waals surface area contributed by atoms with Crippen molar-refractivity contribution in [3.05, 3.63) is 0 Å². The van der Waals surface area contributed by atoms with Crippen molar-refractivity contribution >= 4 is 0 Å². The number of hydrogen-bond donors (Lipinski definition) is 1. The number of nitrogens with zero attached hydrogens (tertiary/aromatic N) is 1. The van der Waals surface area contributed by atoms with Crippen molar-refractivity contribution < 1.29 is 8.78 Å². The molecule has 1 aliphatic heterocycles. The molecule has 1 saturated heterocycles. The number of likely N-dealkylation sites (tertiary alicyclic amines) is 1. The smallest absolute Gasteiger partial charge is 0.257 e. The Bertz CT molecular complexity index is 206. The van der Waals surface area contributed by atoms with Crippen LogP contribution in [0.4, 0.5) is 8.78 Å². The summed E-state index contributed by atoms with van der Waals surface area (Å²) in [5, 5.41) is 0. The highest BCUT2D eigenvalue weighted by molar-refractivity contribution is 4.96. The number of nitrogens with two attached hydrogens (primary N) is 1. The van der Waals surface area contributed by atoms with E-state index in [0.29, 0.717) is 19.0 Å². The molecule has 2 rings (SSSR count).